The number of aryl methyl sites for hydroxylation is 1. The lowest BCUT2D eigenvalue weighted by Gasteiger charge is -2.18. The van der Waals surface area contributed by atoms with E-state index < -0.39 is 0 Å². The fourth-order valence-corrected chi connectivity index (χ4v) is 1.46. The first-order chi connectivity index (χ1) is 9.42. The summed E-state index contributed by atoms with van der Waals surface area (Å²) >= 11 is 0. The maximum absolute atomic E-state index is 5.46. The molecule has 0 unspecified atom stereocenters. The normalized spacial score (nSPS) is 11.8. The Morgan fingerprint density at radius 3 is 2.60 bits per heavy atom. The summed E-state index contributed by atoms with van der Waals surface area (Å²) in [4.78, 5) is 4.11. The van der Waals surface area contributed by atoms with Gasteiger partial charge in [-0.15, -0.1) is 5.10 Å². The molecule has 0 fully saturated rings. The van der Waals surface area contributed by atoms with E-state index in [1.807, 2.05) is 0 Å². The van der Waals surface area contributed by atoms with Gasteiger partial charge < -0.3 is 19.6 Å². The largest absolute Gasteiger partial charge is 0.407 e. The maximum Gasteiger partial charge on any atom is 0.315 e. The predicted molar refractivity (Wildman–Crippen MR) is 72.1 cm³/mol. The molecular formula is C12H20N6O2. The lowest BCUT2D eigenvalue weighted by Crippen LogP contribution is -2.35. The molecule has 2 heterocycles. The Balaban J connectivity index is 1.75. The maximum atomic E-state index is 5.46. The molecule has 0 bridgehead atoms. The van der Waals surface area contributed by atoms with Gasteiger partial charge in [0.25, 0.3) is 0 Å². The zero-order valence-corrected chi connectivity index (χ0v) is 12.2. The Labute approximate surface area is 117 Å². The summed E-state index contributed by atoms with van der Waals surface area (Å²) in [6, 6.07) is 0.395. The summed E-state index contributed by atoms with van der Waals surface area (Å²) in [5, 5.41) is 17.9. The number of aromatic nitrogens is 4. The van der Waals surface area contributed by atoms with Gasteiger partial charge in [0.1, 0.15) is 0 Å². The second-order valence-corrected chi connectivity index (χ2v) is 5.52. The highest BCUT2D eigenvalue weighted by molar-refractivity contribution is 5.16. The third-order valence-corrected chi connectivity index (χ3v) is 2.42. The first kappa shape index (κ1) is 14.4. The van der Waals surface area contributed by atoms with Gasteiger partial charge in [0.15, 0.2) is 5.82 Å². The standard InChI is InChI=1S/C12H20N6O2/c1-8-15-9(20-18-8)5-6-13-11-17-16-10(19-11)7-14-12(2,3)4/h14H,5-7H2,1-4H3,(H,13,17). The molecule has 2 aromatic heterocycles. The zero-order chi connectivity index (χ0) is 14.6. The van der Waals surface area contributed by atoms with Crippen LogP contribution in [-0.4, -0.2) is 32.4 Å². The lowest BCUT2D eigenvalue weighted by molar-refractivity contribution is 0.375. The van der Waals surface area contributed by atoms with Crippen molar-refractivity contribution in [3.05, 3.63) is 17.6 Å². The van der Waals surface area contributed by atoms with Crippen molar-refractivity contribution in [3.63, 3.8) is 0 Å². The van der Waals surface area contributed by atoms with Crippen LogP contribution >= 0.6 is 0 Å². The summed E-state index contributed by atoms with van der Waals surface area (Å²) in [6.45, 7) is 9.16. The van der Waals surface area contributed by atoms with E-state index >= 15 is 0 Å². The molecule has 0 aliphatic rings. The minimum absolute atomic E-state index is 0.0118. The van der Waals surface area contributed by atoms with E-state index in [4.69, 9.17) is 8.94 Å². The van der Waals surface area contributed by atoms with Crippen molar-refractivity contribution in [1.29, 1.82) is 0 Å². The topological polar surface area (TPSA) is 102 Å². The monoisotopic (exact) mass is 280 g/mol. The summed E-state index contributed by atoms with van der Waals surface area (Å²) in [5.41, 5.74) is 0.0118. The van der Waals surface area contributed by atoms with Crippen molar-refractivity contribution in [2.75, 3.05) is 11.9 Å². The third-order valence-electron chi connectivity index (χ3n) is 2.42. The van der Waals surface area contributed by atoms with Crippen LogP contribution in [0.2, 0.25) is 0 Å². The second kappa shape index (κ2) is 6.00. The Morgan fingerprint density at radius 2 is 1.95 bits per heavy atom. The van der Waals surface area contributed by atoms with Crippen LogP contribution in [0.1, 0.15) is 38.4 Å². The van der Waals surface area contributed by atoms with Crippen LogP contribution < -0.4 is 10.6 Å². The van der Waals surface area contributed by atoms with Crippen molar-refractivity contribution in [2.45, 2.75) is 46.2 Å². The molecule has 20 heavy (non-hydrogen) atoms. The highest BCUT2D eigenvalue weighted by atomic mass is 16.5. The number of anilines is 1. The van der Waals surface area contributed by atoms with E-state index in [1.165, 1.54) is 0 Å². The highest BCUT2D eigenvalue weighted by Gasteiger charge is 2.12. The van der Waals surface area contributed by atoms with E-state index in [1.54, 1.807) is 6.92 Å². The van der Waals surface area contributed by atoms with E-state index in [0.29, 0.717) is 43.1 Å². The molecule has 8 heteroatoms. The van der Waals surface area contributed by atoms with Gasteiger partial charge in [0, 0.05) is 18.5 Å². The van der Waals surface area contributed by atoms with E-state index in [9.17, 15) is 0 Å². The molecule has 110 valence electrons. The number of nitrogens with one attached hydrogen (secondary N) is 2. The molecule has 0 amide bonds. The van der Waals surface area contributed by atoms with Crippen LogP contribution in [0.15, 0.2) is 8.94 Å². The average Bonchev–Trinajstić information content (AvgIpc) is 2.95. The number of rotatable bonds is 6. The first-order valence-corrected chi connectivity index (χ1v) is 6.53. The Kier molecular flexibility index (Phi) is 4.33. The Hall–Kier alpha value is -1.96. The van der Waals surface area contributed by atoms with Gasteiger partial charge in [-0.1, -0.05) is 10.3 Å². The van der Waals surface area contributed by atoms with E-state index in [-0.39, 0.29) is 5.54 Å². The number of hydrogen-bond acceptors (Lipinski definition) is 8. The summed E-state index contributed by atoms with van der Waals surface area (Å²) < 4.78 is 10.5. The van der Waals surface area contributed by atoms with Gasteiger partial charge in [-0.3, -0.25) is 0 Å². The van der Waals surface area contributed by atoms with Gasteiger partial charge in [-0.05, 0) is 27.7 Å². The van der Waals surface area contributed by atoms with Crippen LogP contribution in [0.3, 0.4) is 0 Å². The summed E-state index contributed by atoms with van der Waals surface area (Å²) in [7, 11) is 0. The molecular weight excluding hydrogens is 260 g/mol. The van der Waals surface area contributed by atoms with E-state index in [2.05, 4.69) is 51.7 Å². The quantitative estimate of drug-likeness (QED) is 0.816. The molecule has 0 saturated carbocycles. The minimum atomic E-state index is 0.0118. The Morgan fingerprint density at radius 1 is 1.15 bits per heavy atom. The van der Waals surface area contributed by atoms with Crippen molar-refractivity contribution in [3.8, 4) is 0 Å². The minimum Gasteiger partial charge on any atom is -0.407 e. The summed E-state index contributed by atoms with van der Waals surface area (Å²) in [5.74, 6) is 1.77. The molecule has 0 spiro atoms. The van der Waals surface area contributed by atoms with Crippen LogP contribution in [0, 0.1) is 6.92 Å². The van der Waals surface area contributed by atoms with Crippen molar-refractivity contribution >= 4 is 6.01 Å². The molecule has 2 N–H and O–H groups in total. The lowest BCUT2D eigenvalue weighted by atomic mass is 10.1. The van der Waals surface area contributed by atoms with E-state index in [0.717, 1.165) is 0 Å². The van der Waals surface area contributed by atoms with Gasteiger partial charge >= 0.3 is 6.01 Å². The molecule has 0 atom stereocenters. The van der Waals surface area contributed by atoms with Crippen LogP contribution in [0.25, 0.3) is 0 Å². The van der Waals surface area contributed by atoms with Crippen LogP contribution in [-0.2, 0) is 13.0 Å². The molecule has 0 saturated heterocycles. The third kappa shape index (κ3) is 4.61. The van der Waals surface area contributed by atoms with Gasteiger partial charge in [-0.25, -0.2) is 0 Å². The zero-order valence-electron chi connectivity index (χ0n) is 12.2. The van der Waals surface area contributed by atoms with Crippen molar-refractivity contribution < 1.29 is 8.94 Å². The molecule has 0 aliphatic heterocycles. The molecule has 0 aromatic carbocycles. The van der Waals surface area contributed by atoms with Gasteiger partial charge in [0.2, 0.25) is 11.8 Å². The fraction of sp³-hybridized carbons (Fsp3) is 0.667. The average molecular weight is 280 g/mol. The van der Waals surface area contributed by atoms with Crippen LogP contribution in [0.5, 0.6) is 0 Å². The van der Waals surface area contributed by atoms with Crippen molar-refractivity contribution in [1.82, 2.24) is 25.7 Å². The summed E-state index contributed by atoms with van der Waals surface area (Å²) in [6.07, 6.45) is 0.610. The van der Waals surface area contributed by atoms with Gasteiger partial charge in [-0.2, -0.15) is 4.98 Å². The Bertz CT molecular complexity index is 542. The second-order valence-electron chi connectivity index (χ2n) is 5.52. The molecule has 0 radical (unpaired) electrons. The highest BCUT2D eigenvalue weighted by Crippen LogP contribution is 2.07. The SMILES string of the molecule is Cc1noc(CCNc2nnc(CNC(C)(C)C)o2)n1. The first-order valence-electron chi connectivity index (χ1n) is 6.53. The predicted octanol–water partition coefficient (Wildman–Crippen LogP) is 1.30. The molecule has 0 aliphatic carbocycles. The van der Waals surface area contributed by atoms with Crippen LogP contribution in [0.4, 0.5) is 6.01 Å². The number of nitrogens with zero attached hydrogens (tertiary/aromatic N) is 4. The fourth-order valence-electron chi connectivity index (χ4n) is 1.46. The number of hydrogen-bond donors (Lipinski definition) is 2. The molecule has 2 aromatic rings. The smallest absolute Gasteiger partial charge is 0.315 e. The molecule has 8 nitrogen and oxygen atoms in total. The molecule has 2 rings (SSSR count). The van der Waals surface area contributed by atoms with Gasteiger partial charge in [0.05, 0.1) is 6.54 Å². The van der Waals surface area contributed by atoms with Crippen molar-refractivity contribution in [2.24, 2.45) is 0 Å².